The Bertz CT molecular complexity index is 1070. The van der Waals surface area contributed by atoms with Crippen molar-refractivity contribution in [2.75, 3.05) is 20.2 Å². The standard InChI is InChI=1S/C23H29N5O2/c1-15-13-19(21-16(2)26-27(3)22(21)24-15)23(29)25-18-9-11-28(12-10-18)14-17-7-5-6-8-20(17)30-4/h5-8,13,18H,9-12,14H2,1-4H3,(H,25,29). The molecule has 30 heavy (non-hydrogen) atoms. The Morgan fingerprint density at radius 3 is 2.70 bits per heavy atom. The van der Waals surface area contributed by atoms with Gasteiger partial charge < -0.3 is 10.1 Å². The lowest BCUT2D eigenvalue weighted by atomic mass is 10.0. The first-order valence-electron chi connectivity index (χ1n) is 10.4. The monoisotopic (exact) mass is 407 g/mol. The van der Waals surface area contributed by atoms with Crippen molar-refractivity contribution in [1.29, 1.82) is 0 Å². The summed E-state index contributed by atoms with van der Waals surface area (Å²) in [5.74, 6) is 0.890. The Morgan fingerprint density at radius 1 is 1.23 bits per heavy atom. The topological polar surface area (TPSA) is 72.3 Å². The van der Waals surface area contributed by atoms with Crippen LogP contribution in [-0.2, 0) is 13.6 Å². The van der Waals surface area contributed by atoms with Crippen LogP contribution in [0.1, 0.15) is 40.2 Å². The van der Waals surface area contributed by atoms with E-state index in [9.17, 15) is 4.79 Å². The average Bonchev–Trinajstić information content (AvgIpc) is 3.02. The first-order chi connectivity index (χ1) is 14.5. The van der Waals surface area contributed by atoms with Crippen LogP contribution in [0.15, 0.2) is 30.3 Å². The molecule has 1 fully saturated rings. The Hall–Kier alpha value is -2.93. The number of methoxy groups -OCH3 is 1. The number of likely N-dealkylation sites (tertiary alicyclic amines) is 1. The average molecular weight is 408 g/mol. The molecule has 0 atom stereocenters. The SMILES string of the molecule is COc1ccccc1CN1CCC(NC(=O)c2cc(C)nc3c2c(C)nn3C)CC1. The fraction of sp³-hybridized carbons (Fsp3) is 0.435. The van der Waals surface area contributed by atoms with Crippen molar-refractivity contribution in [3.63, 3.8) is 0 Å². The van der Waals surface area contributed by atoms with Crippen molar-refractivity contribution in [3.8, 4) is 5.75 Å². The highest BCUT2D eigenvalue weighted by Crippen LogP contribution is 2.24. The van der Waals surface area contributed by atoms with E-state index in [0.717, 1.165) is 60.6 Å². The summed E-state index contributed by atoms with van der Waals surface area (Å²) in [6.07, 6.45) is 1.86. The summed E-state index contributed by atoms with van der Waals surface area (Å²) < 4.78 is 7.21. The van der Waals surface area contributed by atoms with Crippen LogP contribution in [0.5, 0.6) is 5.75 Å². The van der Waals surface area contributed by atoms with Crippen LogP contribution in [0.3, 0.4) is 0 Å². The normalized spacial score (nSPS) is 15.5. The number of hydrogen-bond donors (Lipinski definition) is 1. The van der Waals surface area contributed by atoms with Gasteiger partial charge in [0.1, 0.15) is 5.75 Å². The van der Waals surface area contributed by atoms with Gasteiger partial charge >= 0.3 is 0 Å². The van der Waals surface area contributed by atoms with Crippen LogP contribution >= 0.6 is 0 Å². The summed E-state index contributed by atoms with van der Waals surface area (Å²) in [5.41, 5.74) is 4.27. The highest BCUT2D eigenvalue weighted by atomic mass is 16.5. The Labute approximate surface area is 177 Å². The summed E-state index contributed by atoms with van der Waals surface area (Å²) >= 11 is 0. The van der Waals surface area contributed by atoms with Crippen molar-refractivity contribution >= 4 is 16.9 Å². The van der Waals surface area contributed by atoms with Gasteiger partial charge in [0.25, 0.3) is 5.91 Å². The maximum atomic E-state index is 13.1. The van der Waals surface area contributed by atoms with E-state index in [1.165, 1.54) is 5.56 Å². The largest absolute Gasteiger partial charge is 0.496 e. The molecule has 158 valence electrons. The van der Waals surface area contributed by atoms with Gasteiger partial charge in [-0.05, 0) is 38.8 Å². The lowest BCUT2D eigenvalue weighted by Gasteiger charge is -2.32. The number of carbonyl (C=O) groups excluding carboxylic acids is 1. The van der Waals surface area contributed by atoms with Crippen LogP contribution in [0.25, 0.3) is 11.0 Å². The van der Waals surface area contributed by atoms with Crippen molar-refractivity contribution < 1.29 is 9.53 Å². The molecule has 3 aromatic rings. The zero-order valence-electron chi connectivity index (χ0n) is 18.1. The van der Waals surface area contributed by atoms with E-state index in [4.69, 9.17) is 4.74 Å². The lowest BCUT2D eigenvalue weighted by molar-refractivity contribution is 0.0910. The number of aryl methyl sites for hydroxylation is 3. The zero-order valence-corrected chi connectivity index (χ0v) is 18.1. The molecular formula is C23H29N5O2. The molecule has 2 aromatic heterocycles. The molecule has 1 aromatic carbocycles. The van der Waals surface area contributed by atoms with Gasteiger partial charge in [-0.3, -0.25) is 14.4 Å². The van der Waals surface area contributed by atoms with Crippen molar-refractivity contribution in [2.24, 2.45) is 7.05 Å². The van der Waals surface area contributed by atoms with Crippen LogP contribution in [-0.4, -0.2) is 51.8 Å². The van der Waals surface area contributed by atoms with Crippen LogP contribution in [0, 0.1) is 13.8 Å². The van der Waals surface area contributed by atoms with E-state index in [1.807, 2.05) is 45.2 Å². The van der Waals surface area contributed by atoms with Gasteiger partial charge in [0.05, 0.1) is 23.8 Å². The van der Waals surface area contributed by atoms with E-state index in [0.29, 0.717) is 5.56 Å². The summed E-state index contributed by atoms with van der Waals surface area (Å²) in [4.78, 5) is 20.1. The molecule has 1 amide bonds. The Kier molecular flexibility index (Phi) is 5.72. The lowest BCUT2D eigenvalue weighted by Crippen LogP contribution is -2.44. The molecule has 1 aliphatic heterocycles. The molecule has 0 spiro atoms. The first kappa shape index (κ1) is 20.3. The molecule has 3 heterocycles. The van der Waals surface area contributed by atoms with E-state index in [1.54, 1.807) is 11.8 Å². The van der Waals surface area contributed by atoms with Gasteiger partial charge in [0.2, 0.25) is 0 Å². The quantitative estimate of drug-likeness (QED) is 0.704. The molecule has 1 aliphatic rings. The fourth-order valence-corrected chi connectivity index (χ4v) is 4.32. The molecule has 7 heteroatoms. The van der Waals surface area contributed by atoms with Crippen molar-refractivity contribution in [2.45, 2.75) is 39.3 Å². The fourth-order valence-electron chi connectivity index (χ4n) is 4.32. The number of pyridine rings is 1. The molecule has 0 unspecified atom stereocenters. The minimum Gasteiger partial charge on any atom is -0.496 e. The second kappa shape index (κ2) is 8.44. The third kappa shape index (κ3) is 4.03. The number of piperidine rings is 1. The third-order valence-corrected chi connectivity index (χ3v) is 5.85. The second-order valence-corrected chi connectivity index (χ2v) is 8.05. The summed E-state index contributed by atoms with van der Waals surface area (Å²) in [6, 6.07) is 10.2. The molecule has 4 rings (SSSR count). The number of ether oxygens (including phenoxy) is 1. The van der Waals surface area contributed by atoms with Gasteiger partial charge in [-0.25, -0.2) is 4.98 Å². The maximum absolute atomic E-state index is 13.1. The van der Waals surface area contributed by atoms with Gasteiger partial charge in [-0.15, -0.1) is 0 Å². The van der Waals surface area contributed by atoms with Gasteiger partial charge in [-0.2, -0.15) is 5.10 Å². The van der Waals surface area contributed by atoms with E-state index in [2.05, 4.69) is 26.4 Å². The molecule has 0 aliphatic carbocycles. The molecular weight excluding hydrogens is 378 g/mol. The molecule has 1 saturated heterocycles. The number of para-hydroxylation sites is 1. The first-order valence-corrected chi connectivity index (χ1v) is 10.4. The third-order valence-electron chi connectivity index (χ3n) is 5.85. The van der Waals surface area contributed by atoms with Crippen LogP contribution < -0.4 is 10.1 Å². The van der Waals surface area contributed by atoms with E-state index < -0.39 is 0 Å². The Balaban J connectivity index is 1.41. The highest BCUT2D eigenvalue weighted by molar-refractivity contribution is 6.06. The number of benzene rings is 1. The number of rotatable bonds is 5. The molecule has 1 N–H and O–H groups in total. The number of fused-ring (bicyclic) bond motifs is 1. The van der Waals surface area contributed by atoms with Gasteiger partial charge in [-0.1, -0.05) is 18.2 Å². The number of aromatic nitrogens is 3. The van der Waals surface area contributed by atoms with Gasteiger partial charge in [0, 0.05) is 44.0 Å². The predicted octanol–water partition coefficient (Wildman–Crippen LogP) is 2.99. The number of hydrogen-bond acceptors (Lipinski definition) is 5. The molecule has 0 saturated carbocycles. The van der Waals surface area contributed by atoms with Crippen LogP contribution in [0.4, 0.5) is 0 Å². The number of nitrogens with zero attached hydrogens (tertiary/aromatic N) is 4. The van der Waals surface area contributed by atoms with Crippen molar-refractivity contribution in [3.05, 3.63) is 52.8 Å². The van der Waals surface area contributed by atoms with E-state index >= 15 is 0 Å². The summed E-state index contributed by atoms with van der Waals surface area (Å²) in [6.45, 7) is 6.59. The summed E-state index contributed by atoms with van der Waals surface area (Å²) in [5, 5.41) is 8.53. The molecule has 0 radical (unpaired) electrons. The number of carbonyl (C=O) groups is 1. The smallest absolute Gasteiger partial charge is 0.252 e. The predicted molar refractivity (Wildman–Crippen MR) is 117 cm³/mol. The zero-order chi connectivity index (χ0) is 21.3. The maximum Gasteiger partial charge on any atom is 0.252 e. The Morgan fingerprint density at radius 2 is 1.97 bits per heavy atom. The molecule has 0 bridgehead atoms. The second-order valence-electron chi connectivity index (χ2n) is 8.05. The summed E-state index contributed by atoms with van der Waals surface area (Å²) in [7, 11) is 3.57. The number of amides is 1. The minimum atomic E-state index is -0.0372. The molecule has 7 nitrogen and oxygen atoms in total. The minimum absolute atomic E-state index is 0.0372. The van der Waals surface area contributed by atoms with Crippen molar-refractivity contribution in [1.82, 2.24) is 25.0 Å². The highest BCUT2D eigenvalue weighted by Gasteiger charge is 2.24. The van der Waals surface area contributed by atoms with Crippen LogP contribution in [0.2, 0.25) is 0 Å². The number of nitrogens with one attached hydrogen (secondary N) is 1. The van der Waals surface area contributed by atoms with E-state index in [-0.39, 0.29) is 11.9 Å². The van der Waals surface area contributed by atoms with Gasteiger partial charge in [0.15, 0.2) is 5.65 Å².